The maximum Gasteiger partial charge on any atom is 0.259 e. The van der Waals surface area contributed by atoms with Crippen molar-refractivity contribution in [2.75, 3.05) is 179 Å². The lowest BCUT2D eigenvalue weighted by Crippen LogP contribution is -2.98. The van der Waals surface area contributed by atoms with Crippen LogP contribution in [0.15, 0.2) is 0 Å². The third-order valence-electron chi connectivity index (χ3n) is 11.5. The molecular formula is C65H155N19O12S10. The van der Waals surface area contributed by atoms with Crippen LogP contribution >= 0.6 is 73.3 Å². The van der Waals surface area contributed by atoms with Crippen molar-refractivity contribution in [2.24, 2.45) is 68.8 Å². The zero-order valence-corrected chi connectivity index (χ0v) is 74.9. The molecule has 642 valence electrons. The molecule has 5 heterocycles. The van der Waals surface area contributed by atoms with E-state index < -0.39 is 34.6 Å². The highest BCUT2D eigenvalue weighted by Gasteiger charge is 2.25. The third kappa shape index (κ3) is 114. The van der Waals surface area contributed by atoms with Gasteiger partial charge >= 0.3 is 0 Å². The molecule has 0 aromatic carbocycles. The third-order valence-corrected chi connectivity index (χ3v) is 19.0. The second kappa shape index (κ2) is 86.0. The van der Waals surface area contributed by atoms with Gasteiger partial charge in [-0.25, -0.2) is 25.3 Å². The van der Waals surface area contributed by atoms with Crippen molar-refractivity contribution in [1.82, 2.24) is 31.1 Å². The molecule has 1 atom stereocenters. The number of aliphatic hydroxyl groups excluding tert-OH is 3. The number of quaternary nitrogens is 1. The topological polar surface area (TPSA) is 574 Å². The molecule has 5 rings (SSSR count). The van der Waals surface area contributed by atoms with E-state index in [4.69, 9.17) is 184 Å². The van der Waals surface area contributed by atoms with Gasteiger partial charge in [0.05, 0.1) is 84.4 Å². The molecule has 0 aromatic heterocycles. The highest BCUT2D eigenvalue weighted by molar-refractivity contribution is 7.92. The zero-order chi connectivity index (χ0) is 84.0. The van der Waals surface area contributed by atoms with E-state index in [0.717, 1.165) is 110 Å². The number of hydrogen-bond acceptors (Lipinski definition) is 32. The number of hydrogen-bond donors (Lipinski definition) is 20. The van der Waals surface area contributed by atoms with Crippen molar-refractivity contribution >= 4 is 146 Å². The summed E-state index contributed by atoms with van der Waals surface area (Å²) in [5, 5.41) is 38.7. The molecule has 5 saturated heterocycles. The summed E-state index contributed by atoms with van der Waals surface area (Å²) >= 11 is 35.1. The van der Waals surface area contributed by atoms with E-state index in [0.29, 0.717) is 140 Å². The van der Waals surface area contributed by atoms with Gasteiger partial charge in [0, 0.05) is 142 Å². The lowest BCUT2D eigenvalue weighted by Gasteiger charge is -2.39. The monoisotopic (exact) mass is 1710 g/mol. The summed E-state index contributed by atoms with van der Waals surface area (Å²) in [7, 11) is -8.28. The molecule has 0 spiro atoms. The van der Waals surface area contributed by atoms with Crippen molar-refractivity contribution in [3.05, 3.63) is 0 Å². The number of sulfone groups is 3. The molecular weight excluding hydrogens is 1560 g/mol. The van der Waals surface area contributed by atoms with Gasteiger partial charge in [-0.2, -0.15) is 0 Å². The van der Waals surface area contributed by atoms with Gasteiger partial charge in [-0.1, -0.05) is 48.9 Å². The van der Waals surface area contributed by atoms with Crippen LogP contribution in [0, 0.1) is 0 Å². The first-order valence-electron chi connectivity index (χ1n) is 36.6. The van der Waals surface area contributed by atoms with Gasteiger partial charge in [0.1, 0.15) is 0 Å². The predicted octanol–water partition coefficient (Wildman–Crippen LogP) is -1.57. The molecule has 0 radical (unpaired) electrons. The Balaban J connectivity index is -0.000000140. The Morgan fingerprint density at radius 3 is 1.11 bits per heavy atom. The second-order valence-electron chi connectivity index (χ2n) is 24.9. The highest BCUT2D eigenvalue weighted by atomic mass is 32.2. The molecule has 5 aliphatic rings. The summed E-state index contributed by atoms with van der Waals surface area (Å²) in [4.78, 5) is 7.58. The fourth-order valence-electron chi connectivity index (χ4n) is 6.75. The number of thiocarbonyl (C=S) groups is 6. The van der Waals surface area contributed by atoms with Gasteiger partial charge in [-0.3, -0.25) is 0 Å². The molecule has 0 bridgehead atoms. The number of nitrogens with one attached hydrogen (secondary N) is 4. The summed E-state index contributed by atoms with van der Waals surface area (Å²) in [6, 6.07) is 0. The summed E-state index contributed by atoms with van der Waals surface area (Å²) in [5.41, 5.74) is 61.5. The number of rotatable bonds is 24. The van der Waals surface area contributed by atoms with Gasteiger partial charge in [-0.05, 0) is 198 Å². The number of ether oxygens (including phenoxy) is 3. The standard InChI is InChI=1S/C9H23N3OS.C8H16N2O2S2.C8H15NO3S2.C7H15NOS.C6H15N3S.C4H9NO2S.2C4H7NS.3C3H8O.3C2H8N2/c1-8(2)13-9(14,4-3-5-10)12-7-6-11;9-3-1-2-8(13)10-4-6-14(11,12)7-5-10;1-7(2)12-8(13)9-3-5-14(10,11)6-4-9;1-6(2)9-7(10)4-3-5-8;7-3-1-2-6(10)9-5-4-8;6-8(7)3-1-5-2-4-8;2*6-4-2-1-3-5-4;3*1-3(2)4;3*3-1-2-4/h8,12,14H,3-7,10-11H2,1-2H3;1-7,9H2;7H,3-6H2,1-2H3;6H,3-5,8H2,1-2H3;1-5,7-8H2,(H,9,10);5H,1-4H2;2*1-3H2,(H,5,6);3*3-4H,1-2H3;3*1-4H2. The van der Waals surface area contributed by atoms with Gasteiger partial charge in [0.25, 0.3) is 5.17 Å². The Bertz CT molecular complexity index is 2240. The first kappa shape index (κ1) is 123. The van der Waals surface area contributed by atoms with Crippen molar-refractivity contribution in [2.45, 2.75) is 202 Å². The lowest BCUT2D eigenvalue weighted by atomic mass is 10.2. The Hall–Kier alpha value is -1.38. The Labute approximate surface area is 680 Å². The Morgan fingerprint density at radius 2 is 0.840 bits per heavy atom. The SMILES string of the molecule is CC(C)O.CC(C)O.CC(C)O.CC(C)OC(=S)CCCN.CC(C)OC(=S)N1CCS(=O)(=O)CC1.CC(C)OC([S-])(CCCN)[NH2+]CCN.NCCCC(=S)N1CCS(=O)(=O)CC1.NCCCC(=S)NCCN.NCCN.NCCN.NCCN.O=S1(=O)CCNCC1.S=C1CCCN1.S=C1CCCN1. The van der Waals surface area contributed by atoms with E-state index in [9.17, 15) is 25.3 Å². The molecule has 1 unspecified atom stereocenters. The van der Waals surface area contributed by atoms with Crippen LogP contribution in [0.2, 0.25) is 0 Å². The first-order valence-corrected chi connectivity index (χ1v) is 45.0. The van der Waals surface area contributed by atoms with Crippen molar-refractivity contribution in [3.8, 4) is 0 Å². The number of nitrogens with zero attached hydrogens (tertiary/aromatic N) is 2. The van der Waals surface area contributed by atoms with Crippen LogP contribution in [0.1, 0.15) is 160 Å². The minimum absolute atomic E-state index is 0.0426. The van der Waals surface area contributed by atoms with Gasteiger partial charge in [0.2, 0.25) is 0 Å². The quantitative estimate of drug-likeness (QED) is 0.0295. The zero-order valence-electron chi connectivity index (χ0n) is 66.7. The molecule has 33 N–H and O–H groups in total. The average molecular weight is 1720 g/mol. The predicted molar refractivity (Wildman–Crippen MR) is 473 cm³/mol. The van der Waals surface area contributed by atoms with Crippen molar-refractivity contribution < 1.29 is 60.1 Å². The normalized spacial score (nSPS) is 15.8. The first-order chi connectivity index (χ1) is 49.4. The second-order valence-corrected chi connectivity index (χ2v) is 35.3. The Kier molecular flexibility index (Phi) is 99.7. The minimum Gasteiger partial charge on any atom is -0.693 e. The van der Waals surface area contributed by atoms with E-state index in [-0.39, 0.29) is 59.6 Å². The van der Waals surface area contributed by atoms with Gasteiger partial charge < -0.3 is 147 Å². The van der Waals surface area contributed by atoms with E-state index in [1.54, 1.807) is 46.4 Å². The molecule has 0 aliphatic carbocycles. The fourth-order valence-corrected chi connectivity index (χ4v) is 12.5. The van der Waals surface area contributed by atoms with Crippen LogP contribution in [0.3, 0.4) is 0 Å². The largest absolute Gasteiger partial charge is 0.693 e. The molecule has 106 heavy (non-hydrogen) atoms. The van der Waals surface area contributed by atoms with Crippen LogP contribution in [-0.4, -0.2) is 301 Å². The van der Waals surface area contributed by atoms with Crippen LogP contribution in [0.5, 0.6) is 0 Å². The molecule has 5 fully saturated rings. The molecule has 5 aliphatic heterocycles. The smallest absolute Gasteiger partial charge is 0.259 e. The van der Waals surface area contributed by atoms with Crippen LogP contribution in [-0.2, 0) is 56.4 Å². The van der Waals surface area contributed by atoms with E-state index in [2.05, 4.69) is 21.3 Å². The van der Waals surface area contributed by atoms with Crippen LogP contribution in [0.25, 0.3) is 0 Å². The van der Waals surface area contributed by atoms with Crippen LogP contribution < -0.4 is 95.4 Å². The Morgan fingerprint density at radius 1 is 0.491 bits per heavy atom. The maximum atomic E-state index is 11.1. The van der Waals surface area contributed by atoms with Gasteiger partial charge in [-0.15, -0.1) is 0 Å². The lowest BCUT2D eigenvalue weighted by molar-refractivity contribution is -0.743. The maximum absolute atomic E-state index is 11.1. The molecule has 0 amide bonds. The molecule has 41 heteroatoms. The average Bonchev–Trinajstić information content (AvgIpc) is 1.06. The van der Waals surface area contributed by atoms with E-state index in [1.807, 2.05) is 51.8 Å². The fraction of sp³-hybridized carbons (Fsp3) is 0.908. The summed E-state index contributed by atoms with van der Waals surface area (Å²) in [6.45, 7) is 36.5. The number of aliphatic hydroxyl groups is 3. The van der Waals surface area contributed by atoms with E-state index in [1.165, 1.54) is 12.8 Å². The van der Waals surface area contributed by atoms with Crippen molar-refractivity contribution in [1.29, 1.82) is 0 Å². The van der Waals surface area contributed by atoms with E-state index >= 15 is 0 Å². The number of nitrogens with two attached hydrogens (primary N) is 13. The molecule has 31 nitrogen and oxygen atoms in total. The molecule has 0 saturated carbocycles. The summed E-state index contributed by atoms with van der Waals surface area (Å²) in [5.74, 6) is 1.44. The summed E-state index contributed by atoms with van der Waals surface area (Å²) in [6.07, 6.45) is 11.5. The van der Waals surface area contributed by atoms with Gasteiger partial charge in [0.15, 0.2) is 34.6 Å². The molecule has 0 aromatic rings. The highest BCUT2D eigenvalue weighted by Crippen LogP contribution is 2.11. The van der Waals surface area contributed by atoms with Crippen LogP contribution in [0.4, 0.5) is 0 Å². The van der Waals surface area contributed by atoms with Crippen molar-refractivity contribution in [3.63, 3.8) is 0 Å². The summed E-state index contributed by atoms with van der Waals surface area (Å²) < 4.78 is 82.0. The minimum atomic E-state index is -2.83.